The molecule has 3 rings (SSSR count). The lowest BCUT2D eigenvalue weighted by Crippen LogP contribution is -2.51. The molecule has 40 heavy (non-hydrogen) atoms. The Labute approximate surface area is 236 Å². The summed E-state index contributed by atoms with van der Waals surface area (Å²) in [6.45, 7) is 11.9. The van der Waals surface area contributed by atoms with E-state index in [4.69, 9.17) is 9.47 Å². The minimum absolute atomic E-state index is 0.0593. The van der Waals surface area contributed by atoms with Crippen LogP contribution in [-0.2, 0) is 14.3 Å². The Bertz CT molecular complexity index is 1220. The molecule has 3 N–H and O–H groups in total. The van der Waals surface area contributed by atoms with Crippen LogP contribution in [0.2, 0.25) is 0 Å². The highest BCUT2D eigenvalue weighted by atomic mass is 19.1. The maximum atomic E-state index is 14.0. The first kappa shape index (κ1) is 30.9. The van der Waals surface area contributed by atoms with Gasteiger partial charge in [0.2, 0.25) is 5.91 Å². The number of ether oxygens (including phenoxy) is 2. The average molecular weight is 556 g/mol. The molecule has 2 aromatic rings. The lowest BCUT2D eigenvalue weighted by atomic mass is 9.87. The van der Waals surface area contributed by atoms with Crippen molar-refractivity contribution >= 4 is 23.5 Å². The number of methoxy groups -OCH3 is 1. The predicted molar refractivity (Wildman–Crippen MR) is 153 cm³/mol. The summed E-state index contributed by atoms with van der Waals surface area (Å²) >= 11 is 0. The molecule has 0 bridgehead atoms. The summed E-state index contributed by atoms with van der Waals surface area (Å²) in [5.74, 6) is -1.18. The summed E-state index contributed by atoms with van der Waals surface area (Å²) in [5, 5.41) is 9.15. The molecule has 218 valence electrons. The van der Waals surface area contributed by atoms with Gasteiger partial charge in [0.15, 0.2) is 0 Å². The molecule has 1 heterocycles. The van der Waals surface area contributed by atoms with Crippen LogP contribution in [0.1, 0.15) is 82.6 Å². The molecule has 2 amide bonds. The number of fused-ring (bicyclic) bond motifs is 1. The third-order valence-electron chi connectivity index (χ3n) is 6.51. The van der Waals surface area contributed by atoms with E-state index in [-0.39, 0.29) is 23.6 Å². The summed E-state index contributed by atoms with van der Waals surface area (Å²) in [6, 6.07) is 9.83. The van der Waals surface area contributed by atoms with Crippen molar-refractivity contribution in [1.82, 2.24) is 10.6 Å². The molecule has 0 saturated carbocycles. The summed E-state index contributed by atoms with van der Waals surface area (Å²) in [7, 11) is 1.52. The van der Waals surface area contributed by atoms with Crippen LogP contribution < -0.4 is 20.7 Å². The second kappa shape index (κ2) is 12.7. The first-order valence-electron chi connectivity index (χ1n) is 13.6. The largest absolute Gasteiger partial charge is 0.497 e. The first-order chi connectivity index (χ1) is 18.6. The van der Waals surface area contributed by atoms with Gasteiger partial charge in [-0.1, -0.05) is 26.8 Å². The van der Waals surface area contributed by atoms with Crippen LogP contribution in [0.15, 0.2) is 42.5 Å². The first-order valence-corrected chi connectivity index (χ1v) is 13.6. The lowest BCUT2D eigenvalue weighted by Gasteiger charge is -2.29. The van der Waals surface area contributed by atoms with E-state index in [2.05, 4.69) is 16.0 Å². The van der Waals surface area contributed by atoms with Crippen molar-refractivity contribution in [2.24, 2.45) is 5.41 Å². The number of halogens is 1. The van der Waals surface area contributed by atoms with Gasteiger partial charge in [0.25, 0.3) is 5.91 Å². The van der Waals surface area contributed by atoms with Gasteiger partial charge in [0, 0.05) is 29.8 Å². The number of amides is 2. The molecule has 9 heteroatoms. The Hall–Kier alpha value is -3.62. The third kappa shape index (κ3) is 9.24. The Balaban J connectivity index is 1.82. The molecule has 0 saturated heterocycles. The standard InChI is InChI=1S/C31H42FN3O5/c1-30(2,3)17-26(35-28(37)19-9-8-10-23(14-19)39-7)29(38)34-22(16-27(36)40-31(4,5)6)13-20-18-33-25-12-11-21(32)15-24(20)25/h8-12,14-15,20,22,26,33H,13,16-18H2,1-7H3,(H,34,38)(H,35,37)/t20?,22-,26-/m0/s1. The summed E-state index contributed by atoms with van der Waals surface area (Å²) in [5.41, 5.74) is 1.05. The fourth-order valence-electron chi connectivity index (χ4n) is 4.84. The van der Waals surface area contributed by atoms with Gasteiger partial charge in [-0.05, 0) is 81.0 Å². The molecule has 0 spiro atoms. The van der Waals surface area contributed by atoms with E-state index in [1.54, 1.807) is 51.1 Å². The zero-order valence-electron chi connectivity index (χ0n) is 24.5. The number of hydrogen-bond donors (Lipinski definition) is 3. The van der Waals surface area contributed by atoms with Gasteiger partial charge < -0.3 is 25.4 Å². The number of carbonyl (C=O) groups excluding carboxylic acids is 3. The van der Waals surface area contributed by atoms with E-state index < -0.39 is 35.5 Å². The van der Waals surface area contributed by atoms with Gasteiger partial charge >= 0.3 is 5.97 Å². The highest BCUT2D eigenvalue weighted by molar-refractivity contribution is 5.98. The van der Waals surface area contributed by atoms with Crippen molar-refractivity contribution < 1.29 is 28.2 Å². The number of anilines is 1. The van der Waals surface area contributed by atoms with Gasteiger partial charge in [-0.15, -0.1) is 0 Å². The summed E-state index contributed by atoms with van der Waals surface area (Å²) in [6.07, 6.45) is 0.698. The van der Waals surface area contributed by atoms with Gasteiger partial charge in [-0.25, -0.2) is 4.39 Å². The number of benzene rings is 2. The van der Waals surface area contributed by atoms with Gasteiger partial charge in [-0.3, -0.25) is 14.4 Å². The normalized spacial score (nSPS) is 16.2. The number of nitrogens with one attached hydrogen (secondary N) is 3. The zero-order valence-corrected chi connectivity index (χ0v) is 24.5. The second-order valence-corrected chi connectivity index (χ2v) is 12.6. The van der Waals surface area contributed by atoms with Crippen molar-refractivity contribution in [2.45, 2.75) is 84.4 Å². The smallest absolute Gasteiger partial charge is 0.308 e. The van der Waals surface area contributed by atoms with Crippen molar-refractivity contribution in [2.75, 3.05) is 19.0 Å². The lowest BCUT2D eigenvalue weighted by molar-refractivity contribution is -0.155. The highest BCUT2D eigenvalue weighted by Crippen LogP contribution is 2.35. The van der Waals surface area contributed by atoms with Crippen molar-refractivity contribution in [3.05, 3.63) is 59.4 Å². The SMILES string of the molecule is COc1cccc(C(=O)N[C@@H](CC(C)(C)C)C(=O)N[C@H](CC(=O)OC(C)(C)C)CC2CNc3ccc(F)cc32)c1. The highest BCUT2D eigenvalue weighted by Gasteiger charge is 2.32. The number of hydrogen-bond acceptors (Lipinski definition) is 6. The molecule has 2 aromatic carbocycles. The molecule has 0 radical (unpaired) electrons. The van der Waals surface area contributed by atoms with Gasteiger partial charge in [0.1, 0.15) is 23.2 Å². The van der Waals surface area contributed by atoms with E-state index >= 15 is 0 Å². The predicted octanol–water partition coefficient (Wildman–Crippen LogP) is 5.18. The van der Waals surface area contributed by atoms with Gasteiger partial charge in [-0.2, -0.15) is 0 Å². The third-order valence-corrected chi connectivity index (χ3v) is 6.51. The van der Waals surface area contributed by atoms with Gasteiger partial charge in [0.05, 0.1) is 13.5 Å². The summed E-state index contributed by atoms with van der Waals surface area (Å²) < 4.78 is 24.8. The molecule has 0 fully saturated rings. The number of rotatable bonds is 10. The van der Waals surface area contributed by atoms with Crippen LogP contribution in [0.5, 0.6) is 5.75 Å². The van der Waals surface area contributed by atoms with Crippen LogP contribution in [0.25, 0.3) is 0 Å². The van der Waals surface area contributed by atoms with Crippen molar-refractivity contribution in [1.29, 1.82) is 0 Å². The average Bonchev–Trinajstić information content (AvgIpc) is 3.23. The fourth-order valence-corrected chi connectivity index (χ4v) is 4.84. The van der Waals surface area contributed by atoms with Crippen LogP contribution >= 0.6 is 0 Å². The molecule has 1 unspecified atom stereocenters. The Morgan fingerprint density at radius 2 is 1.77 bits per heavy atom. The van der Waals surface area contributed by atoms with E-state index in [1.807, 2.05) is 20.8 Å². The Morgan fingerprint density at radius 3 is 2.42 bits per heavy atom. The monoisotopic (exact) mass is 555 g/mol. The van der Waals surface area contributed by atoms with E-state index in [0.717, 1.165) is 11.3 Å². The molecule has 8 nitrogen and oxygen atoms in total. The molecule has 1 aliphatic rings. The number of carbonyl (C=O) groups is 3. The Kier molecular flexibility index (Phi) is 9.82. The quantitative estimate of drug-likeness (QED) is 0.349. The van der Waals surface area contributed by atoms with Crippen LogP contribution in [-0.4, -0.2) is 49.1 Å². The van der Waals surface area contributed by atoms with Crippen molar-refractivity contribution in [3.8, 4) is 5.75 Å². The molecule has 0 aromatic heterocycles. The topological polar surface area (TPSA) is 106 Å². The van der Waals surface area contributed by atoms with Crippen LogP contribution in [0, 0.1) is 11.2 Å². The van der Waals surface area contributed by atoms with Crippen LogP contribution in [0.3, 0.4) is 0 Å². The summed E-state index contributed by atoms with van der Waals surface area (Å²) in [4.78, 5) is 39.6. The van der Waals surface area contributed by atoms with Crippen LogP contribution in [0.4, 0.5) is 10.1 Å². The molecule has 0 aliphatic carbocycles. The van der Waals surface area contributed by atoms with Crippen molar-refractivity contribution in [3.63, 3.8) is 0 Å². The zero-order chi connectivity index (χ0) is 29.7. The van der Waals surface area contributed by atoms with E-state index in [9.17, 15) is 18.8 Å². The minimum atomic E-state index is -0.855. The molecule has 1 aliphatic heterocycles. The van der Waals surface area contributed by atoms with E-state index in [1.165, 1.54) is 19.2 Å². The second-order valence-electron chi connectivity index (χ2n) is 12.6. The fraction of sp³-hybridized carbons (Fsp3) is 0.516. The number of esters is 1. The molecular weight excluding hydrogens is 513 g/mol. The Morgan fingerprint density at radius 1 is 1.05 bits per heavy atom. The molecular formula is C31H42FN3O5. The maximum absolute atomic E-state index is 14.0. The van der Waals surface area contributed by atoms with E-state index in [0.29, 0.717) is 30.7 Å². The maximum Gasteiger partial charge on any atom is 0.308 e. The molecule has 3 atom stereocenters. The minimum Gasteiger partial charge on any atom is -0.497 e.